The van der Waals surface area contributed by atoms with E-state index in [4.69, 9.17) is 9.47 Å². The fourth-order valence-electron chi connectivity index (χ4n) is 6.00. The van der Waals surface area contributed by atoms with Crippen LogP contribution in [0.15, 0.2) is 30.5 Å². The molecule has 0 aliphatic carbocycles. The molecule has 4 heterocycles. The van der Waals surface area contributed by atoms with Crippen LogP contribution in [0, 0.1) is 11.2 Å². The van der Waals surface area contributed by atoms with Crippen LogP contribution in [-0.2, 0) is 37.6 Å². The van der Waals surface area contributed by atoms with Crippen molar-refractivity contribution in [1.29, 1.82) is 0 Å². The van der Waals surface area contributed by atoms with E-state index in [9.17, 15) is 14.0 Å². The molecule has 1 spiro atoms. The molecule has 0 atom stereocenters. The van der Waals surface area contributed by atoms with Gasteiger partial charge in [-0.1, -0.05) is 23.8 Å². The van der Waals surface area contributed by atoms with Gasteiger partial charge in [-0.3, -0.25) is 14.3 Å². The van der Waals surface area contributed by atoms with Crippen LogP contribution in [0.4, 0.5) is 4.39 Å². The number of hydrogen-bond donors (Lipinski definition) is 1. The minimum absolute atomic E-state index is 0.0523. The lowest BCUT2D eigenvalue weighted by molar-refractivity contribution is -0.147. The first-order chi connectivity index (χ1) is 18.0. The molecule has 2 bridgehead atoms. The van der Waals surface area contributed by atoms with Gasteiger partial charge in [0, 0.05) is 39.4 Å². The van der Waals surface area contributed by atoms with Gasteiger partial charge in [0.15, 0.2) is 0 Å². The lowest BCUT2D eigenvalue weighted by atomic mass is 9.70. The second kappa shape index (κ2) is 11.3. The Morgan fingerprint density at radius 2 is 1.70 bits per heavy atom. The number of carbonyl (C=O) groups excluding carboxylic acids is 2. The van der Waals surface area contributed by atoms with Crippen molar-refractivity contribution < 1.29 is 23.5 Å². The average molecular weight is 514 g/mol. The molecule has 200 valence electrons. The first-order valence-corrected chi connectivity index (χ1v) is 13.4. The molecule has 37 heavy (non-hydrogen) atoms. The van der Waals surface area contributed by atoms with E-state index in [1.54, 1.807) is 12.1 Å². The van der Waals surface area contributed by atoms with Gasteiger partial charge < -0.3 is 19.7 Å². The Kier molecular flexibility index (Phi) is 7.85. The average Bonchev–Trinajstić information content (AvgIpc) is 3.38. The Bertz CT molecular complexity index is 1070. The number of likely N-dealkylation sites (tertiary alicyclic amines) is 1. The molecule has 2 amide bonds. The molecule has 0 radical (unpaired) electrons. The minimum Gasteiger partial charge on any atom is -0.381 e. The Morgan fingerprint density at radius 3 is 2.46 bits per heavy atom. The molecule has 9 nitrogen and oxygen atoms in total. The third-order valence-corrected chi connectivity index (χ3v) is 8.30. The fourth-order valence-corrected chi connectivity index (χ4v) is 6.00. The highest BCUT2D eigenvalue weighted by atomic mass is 19.1. The number of fused-ring (bicyclic) bond motifs is 2. The molecule has 1 aromatic heterocycles. The molecule has 3 aliphatic rings. The molecule has 10 heteroatoms. The highest BCUT2D eigenvalue weighted by molar-refractivity contribution is 5.89. The van der Waals surface area contributed by atoms with Gasteiger partial charge in [-0.15, -0.1) is 5.10 Å². The number of aromatic nitrogens is 3. The normalized spacial score (nSPS) is 22.7. The molecule has 3 aliphatic heterocycles. The third kappa shape index (κ3) is 5.55. The van der Waals surface area contributed by atoms with Gasteiger partial charge >= 0.3 is 0 Å². The zero-order valence-electron chi connectivity index (χ0n) is 21.3. The summed E-state index contributed by atoms with van der Waals surface area (Å²) in [5, 5.41) is 11.4. The number of amides is 2. The molecule has 0 saturated carbocycles. The van der Waals surface area contributed by atoms with E-state index in [0.717, 1.165) is 37.1 Å². The van der Waals surface area contributed by atoms with Crippen LogP contribution < -0.4 is 5.32 Å². The molecule has 2 saturated heterocycles. The van der Waals surface area contributed by atoms with Crippen LogP contribution in [0.3, 0.4) is 0 Å². The molecule has 5 rings (SSSR count). The second-order valence-corrected chi connectivity index (χ2v) is 10.5. The lowest BCUT2D eigenvalue weighted by Crippen LogP contribution is -2.55. The number of halogens is 1. The monoisotopic (exact) mass is 513 g/mol. The Balaban J connectivity index is 1.28. The summed E-state index contributed by atoms with van der Waals surface area (Å²) < 4.78 is 26.7. The second-order valence-electron chi connectivity index (χ2n) is 10.5. The van der Waals surface area contributed by atoms with E-state index in [2.05, 4.69) is 15.6 Å². The summed E-state index contributed by atoms with van der Waals surface area (Å²) in [6, 6.07) is 6.31. The van der Waals surface area contributed by atoms with E-state index in [1.807, 2.05) is 15.8 Å². The predicted octanol–water partition coefficient (Wildman–Crippen LogP) is 2.59. The molecule has 2 fully saturated rings. The Labute approximate surface area is 216 Å². The van der Waals surface area contributed by atoms with Crippen molar-refractivity contribution in [1.82, 2.24) is 25.2 Å². The van der Waals surface area contributed by atoms with Gasteiger partial charge in [0.2, 0.25) is 11.8 Å². The quantitative estimate of drug-likeness (QED) is 0.663. The zero-order chi connectivity index (χ0) is 25.7. The maximum atomic E-state index is 14.0. The van der Waals surface area contributed by atoms with Gasteiger partial charge in [-0.25, -0.2) is 4.39 Å². The highest BCUT2D eigenvalue weighted by Gasteiger charge is 2.47. The van der Waals surface area contributed by atoms with Gasteiger partial charge in [-0.05, 0) is 56.2 Å². The molecular weight excluding hydrogens is 477 g/mol. The van der Waals surface area contributed by atoms with Crippen molar-refractivity contribution in [2.45, 2.75) is 63.5 Å². The predicted molar refractivity (Wildman–Crippen MR) is 133 cm³/mol. The molecule has 0 unspecified atom stereocenters. The molecule has 1 N–H and O–H groups in total. The van der Waals surface area contributed by atoms with Gasteiger partial charge in [-0.2, -0.15) is 0 Å². The summed E-state index contributed by atoms with van der Waals surface area (Å²) in [4.78, 5) is 29.3. The van der Waals surface area contributed by atoms with Crippen LogP contribution in [0.25, 0.3) is 0 Å². The van der Waals surface area contributed by atoms with Crippen molar-refractivity contribution in [3.63, 3.8) is 0 Å². The van der Waals surface area contributed by atoms with Crippen molar-refractivity contribution in [2.75, 3.05) is 39.5 Å². The number of ether oxygens (including phenoxy) is 2. The maximum Gasteiger partial charge on any atom is 0.233 e. The van der Waals surface area contributed by atoms with Crippen LogP contribution in [0.5, 0.6) is 0 Å². The molecule has 2 aromatic rings. The summed E-state index contributed by atoms with van der Waals surface area (Å²) in [5.41, 5.74) is 0.414. The van der Waals surface area contributed by atoms with E-state index in [0.29, 0.717) is 71.7 Å². The Morgan fingerprint density at radius 1 is 0.946 bits per heavy atom. The van der Waals surface area contributed by atoms with Crippen molar-refractivity contribution in [3.8, 4) is 0 Å². The third-order valence-electron chi connectivity index (χ3n) is 8.30. The summed E-state index contributed by atoms with van der Waals surface area (Å²) in [5.74, 6) is -0.196. The number of benzene rings is 1. The largest absolute Gasteiger partial charge is 0.381 e. The lowest BCUT2D eigenvalue weighted by Gasteiger charge is -2.45. The topological polar surface area (TPSA) is 98.6 Å². The van der Waals surface area contributed by atoms with E-state index < -0.39 is 10.8 Å². The van der Waals surface area contributed by atoms with E-state index in [-0.39, 0.29) is 17.6 Å². The smallest absolute Gasteiger partial charge is 0.233 e. The van der Waals surface area contributed by atoms with Gasteiger partial charge in [0.05, 0.1) is 30.2 Å². The summed E-state index contributed by atoms with van der Waals surface area (Å²) in [7, 11) is 0. The van der Waals surface area contributed by atoms with E-state index in [1.165, 1.54) is 12.1 Å². The van der Waals surface area contributed by atoms with Crippen LogP contribution in [-0.4, -0.2) is 71.2 Å². The minimum atomic E-state index is -0.712. The number of nitrogens with zero attached hydrogens (tertiary/aromatic N) is 4. The Hall–Kier alpha value is -2.85. The first-order valence-electron chi connectivity index (χ1n) is 13.4. The van der Waals surface area contributed by atoms with Crippen molar-refractivity contribution in [2.24, 2.45) is 5.41 Å². The first kappa shape index (κ1) is 25.8. The van der Waals surface area contributed by atoms with E-state index >= 15 is 0 Å². The van der Waals surface area contributed by atoms with Crippen LogP contribution in [0.2, 0.25) is 0 Å². The number of hydrogen-bond acceptors (Lipinski definition) is 6. The number of rotatable bonds is 2. The number of carbonyl (C=O) groups is 2. The van der Waals surface area contributed by atoms with Gasteiger partial charge in [0.25, 0.3) is 0 Å². The summed E-state index contributed by atoms with van der Waals surface area (Å²) in [6.45, 7) is 4.01. The number of aryl methyl sites for hydroxylation is 1. The van der Waals surface area contributed by atoms with Crippen LogP contribution in [0.1, 0.15) is 56.2 Å². The molecule has 1 aromatic carbocycles. The summed E-state index contributed by atoms with van der Waals surface area (Å²) >= 11 is 0. The number of piperidine rings is 1. The van der Waals surface area contributed by atoms with Gasteiger partial charge in [0.1, 0.15) is 11.5 Å². The van der Waals surface area contributed by atoms with Crippen LogP contribution >= 0.6 is 0 Å². The standard InChI is InChI=1S/C27H36FN5O4/c28-22-5-3-21(4-6-22)27(10-16-36-17-11-27)25(35)32-14-8-26(9-15-32)7-1-2-13-33-19-23(30-31-33)20-37-18-12-29-24(26)34/h3-6,19H,1-2,7-18,20H2,(H,29,34). The zero-order valence-corrected chi connectivity index (χ0v) is 21.3. The highest BCUT2D eigenvalue weighted by Crippen LogP contribution is 2.41. The fraction of sp³-hybridized carbons (Fsp3) is 0.630. The maximum absolute atomic E-state index is 14.0. The molecular formula is C27H36FN5O4. The number of nitrogens with one attached hydrogen (secondary N) is 1. The summed E-state index contributed by atoms with van der Waals surface area (Å²) in [6.07, 6.45) is 6.85. The SMILES string of the molecule is O=C1NCCOCc2cn(nn2)CCCCC12CCN(C(=O)C1(c3ccc(F)cc3)CCOCC1)CC2. The van der Waals surface area contributed by atoms with Crippen molar-refractivity contribution in [3.05, 3.63) is 47.5 Å². The van der Waals surface area contributed by atoms with Crippen molar-refractivity contribution >= 4 is 11.8 Å².